The Hall–Kier alpha value is -1.02. The molecule has 1 aromatic rings. The van der Waals surface area contributed by atoms with Crippen molar-refractivity contribution in [1.29, 1.82) is 0 Å². The van der Waals surface area contributed by atoms with Gasteiger partial charge in [0.15, 0.2) is 0 Å². The topological polar surface area (TPSA) is 15.3 Å². The molecular weight excluding hydrogens is 196 g/mol. The van der Waals surface area contributed by atoms with E-state index in [-0.39, 0.29) is 0 Å². The normalized spacial score (nSPS) is 21.2. The van der Waals surface area contributed by atoms with Crippen LogP contribution < -0.4 is 5.32 Å². The third kappa shape index (κ3) is 2.56. The minimum Gasteiger partial charge on any atom is -0.382 e. The van der Waals surface area contributed by atoms with Crippen LogP contribution in [0, 0.1) is 0 Å². The first-order chi connectivity index (χ1) is 7.90. The molecule has 0 amide bonds. The zero-order valence-electron chi connectivity index (χ0n) is 9.78. The summed E-state index contributed by atoms with van der Waals surface area (Å²) in [6, 6.07) is 9.74. The Labute approximate surface area is 97.6 Å². The molecule has 1 aromatic carbocycles. The molecule has 2 fully saturated rings. The molecule has 1 aliphatic heterocycles. The number of likely N-dealkylation sites (tertiary alicyclic amines) is 1. The van der Waals surface area contributed by atoms with Crippen LogP contribution in [0.15, 0.2) is 24.3 Å². The monoisotopic (exact) mass is 216 g/mol. The summed E-state index contributed by atoms with van der Waals surface area (Å²) < 4.78 is 0. The summed E-state index contributed by atoms with van der Waals surface area (Å²) in [7, 11) is 0. The van der Waals surface area contributed by atoms with Gasteiger partial charge in [-0.1, -0.05) is 12.1 Å². The average Bonchev–Trinajstić information content (AvgIpc) is 2.96. The second kappa shape index (κ2) is 4.46. The Balaban J connectivity index is 1.57. The molecule has 0 spiro atoms. The van der Waals surface area contributed by atoms with Crippen molar-refractivity contribution in [3.8, 4) is 0 Å². The molecule has 1 aliphatic carbocycles. The van der Waals surface area contributed by atoms with Crippen molar-refractivity contribution in [1.82, 2.24) is 4.90 Å². The summed E-state index contributed by atoms with van der Waals surface area (Å²) in [4.78, 5) is 2.54. The summed E-state index contributed by atoms with van der Waals surface area (Å²) in [6.07, 6.45) is 5.44. The molecule has 1 N–H and O–H groups in total. The summed E-state index contributed by atoms with van der Waals surface area (Å²) in [6.45, 7) is 3.69. The largest absolute Gasteiger partial charge is 0.382 e. The quantitative estimate of drug-likeness (QED) is 0.832. The smallest absolute Gasteiger partial charge is 0.0342 e. The molecule has 0 aromatic heterocycles. The van der Waals surface area contributed by atoms with Gasteiger partial charge in [-0.05, 0) is 56.5 Å². The van der Waals surface area contributed by atoms with Crippen LogP contribution in [-0.4, -0.2) is 24.0 Å². The minimum absolute atomic E-state index is 0.754. The van der Waals surface area contributed by atoms with E-state index in [9.17, 15) is 0 Å². The van der Waals surface area contributed by atoms with Crippen molar-refractivity contribution in [2.75, 3.05) is 18.4 Å². The van der Waals surface area contributed by atoms with Gasteiger partial charge in [0.1, 0.15) is 0 Å². The predicted octanol–water partition coefficient (Wildman–Crippen LogP) is 2.86. The van der Waals surface area contributed by atoms with Crippen molar-refractivity contribution in [3.05, 3.63) is 29.8 Å². The number of hydrogen-bond donors (Lipinski definition) is 1. The Morgan fingerprint density at radius 2 is 1.75 bits per heavy atom. The number of nitrogens with zero attached hydrogens (tertiary/aromatic N) is 1. The predicted molar refractivity (Wildman–Crippen MR) is 67.6 cm³/mol. The first-order valence-electron chi connectivity index (χ1n) is 6.48. The van der Waals surface area contributed by atoms with E-state index in [1.54, 1.807) is 0 Å². The van der Waals surface area contributed by atoms with Gasteiger partial charge in [-0.2, -0.15) is 0 Å². The zero-order chi connectivity index (χ0) is 10.8. The second-order valence-corrected chi connectivity index (χ2v) is 5.10. The minimum atomic E-state index is 0.754. The molecular formula is C14H20N2. The van der Waals surface area contributed by atoms with Crippen molar-refractivity contribution >= 4 is 5.69 Å². The summed E-state index contributed by atoms with van der Waals surface area (Å²) in [5.74, 6) is 0. The van der Waals surface area contributed by atoms with Gasteiger partial charge in [-0.3, -0.25) is 4.90 Å². The van der Waals surface area contributed by atoms with Crippen LogP contribution in [0.5, 0.6) is 0 Å². The fraction of sp³-hybridized carbons (Fsp3) is 0.571. The highest BCUT2D eigenvalue weighted by molar-refractivity contribution is 5.46. The Morgan fingerprint density at radius 3 is 2.38 bits per heavy atom. The van der Waals surface area contributed by atoms with Crippen LogP contribution in [0.3, 0.4) is 0 Å². The van der Waals surface area contributed by atoms with E-state index in [4.69, 9.17) is 0 Å². The molecule has 1 saturated carbocycles. The SMILES string of the molecule is c1cc(NC2CC2)ccc1CN1CCCC1. The fourth-order valence-electron chi connectivity index (χ4n) is 2.37. The molecule has 3 rings (SSSR count). The highest BCUT2D eigenvalue weighted by atomic mass is 15.1. The zero-order valence-corrected chi connectivity index (χ0v) is 9.78. The van der Waals surface area contributed by atoms with Crippen molar-refractivity contribution < 1.29 is 0 Å². The first-order valence-corrected chi connectivity index (χ1v) is 6.48. The third-order valence-electron chi connectivity index (χ3n) is 3.51. The molecule has 2 nitrogen and oxygen atoms in total. The number of nitrogens with one attached hydrogen (secondary N) is 1. The third-order valence-corrected chi connectivity index (χ3v) is 3.51. The van der Waals surface area contributed by atoms with Gasteiger partial charge in [0.25, 0.3) is 0 Å². The molecule has 86 valence electrons. The fourth-order valence-corrected chi connectivity index (χ4v) is 2.37. The Morgan fingerprint density at radius 1 is 1.06 bits per heavy atom. The van der Waals surface area contributed by atoms with Crippen molar-refractivity contribution in [2.45, 2.75) is 38.3 Å². The highest BCUT2D eigenvalue weighted by Gasteiger charge is 2.20. The summed E-state index contributed by atoms with van der Waals surface area (Å²) in [5.41, 5.74) is 2.73. The van der Waals surface area contributed by atoms with Crippen LogP contribution in [-0.2, 0) is 6.54 Å². The van der Waals surface area contributed by atoms with Crippen LogP contribution >= 0.6 is 0 Å². The summed E-state index contributed by atoms with van der Waals surface area (Å²) in [5, 5.41) is 3.52. The van der Waals surface area contributed by atoms with Crippen molar-refractivity contribution in [2.24, 2.45) is 0 Å². The van der Waals surface area contributed by atoms with Gasteiger partial charge >= 0.3 is 0 Å². The van der Waals surface area contributed by atoms with E-state index in [0.717, 1.165) is 12.6 Å². The number of rotatable bonds is 4. The number of benzene rings is 1. The Bertz CT molecular complexity index is 334. The average molecular weight is 216 g/mol. The van der Waals surface area contributed by atoms with E-state index in [1.807, 2.05) is 0 Å². The lowest BCUT2D eigenvalue weighted by atomic mass is 10.2. The molecule has 16 heavy (non-hydrogen) atoms. The van der Waals surface area contributed by atoms with Gasteiger partial charge < -0.3 is 5.32 Å². The van der Waals surface area contributed by atoms with Crippen molar-refractivity contribution in [3.63, 3.8) is 0 Å². The maximum absolute atomic E-state index is 3.52. The molecule has 0 radical (unpaired) electrons. The van der Waals surface area contributed by atoms with Gasteiger partial charge in [-0.15, -0.1) is 0 Å². The number of anilines is 1. The molecule has 0 unspecified atom stereocenters. The lowest BCUT2D eigenvalue weighted by Crippen LogP contribution is -2.18. The standard InChI is InChI=1S/C14H20N2/c1-2-10-16(9-1)11-12-3-5-13(6-4-12)15-14-7-8-14/h3-6,14-15H,1-2,7-11H2. The molecule has 2 heteroatoms. The Kier molecular flexibility index (Phi) is 2.83. The maximum Gasteiger partial charge on any atom is 0.0342 e. The first kappa shape index (κ1) is 10.2. The lowest BCUT2D eigenvalue weighted by molar-refractivity contribution is 0.331. The van der Waals surface area contributed by atoms with Gasteiger partial charge in [0.2, 0.25) is 0 Å². The van der Waals surface area contributed by atoms with Crippen LogP contribution in [0.25, 0.3) is 0 Å². The van der Waals surface area contributed by atoms with E-state index in [0.29, 0.717) is 0 Å². The molecule has 0 bridgehead atoms. The molecule has 1 saturated heterocycles. The van der Waals surface area contributed by atoms with Crippen LogP contribution in [0.2, 0.25) is 0 Å². The number of hydrogen-bond acceptors (Lipinski definition) is 2. The van der Waals surface area contributed by atoms with E-state index >= 15 is 0 Å². The van der Waals surface area contributed by atoms with Crippen LogP contribution in [0.4, 0.5) is 5.69 Å². The van der Waals surface area contributed by atoms with Gasteiger partial charge in [0, 0.05) is 18.3 Å². The highest BCUT2D eigenvalue weighted by Crippen LogP contribution is 2.25. The second-order valence-electron chi connectivity index (χ2n) is 5.10. The molecule has 1 heterocycles. The molecule has 2 aliphatic rings. The van der Waals surface area contributed by atoms with Gasteiger partial charge in [-0.25, -0.2) is 0 Å². The van der Waals surface area contributed by atoms with E-state index < -0.39 is 0 Å². The van der Waals surface area contributed by atoms with E-state index in [2.05, 4.69) is 34.5 Å². The maximum atomic E-state index is 3.52. The molecule has 0 atom stereocenters. The summed E-state index contributed by atoms with van der Waals surface area (Å²) >= 11 is 0. The van der Waals surface area contributed by atoms with Gasteiger partial charge in [0.05, 0.1) is 0 Å². The van der Waals surface area contributed by atoms with E-state index in [1.165, 1.54) is 50.0 Å². The van der Waals surface area contributed by atoms with Crippen LogP contribution in [0.1, 0.15) is 31.2 Å². The lowest BCUT2D eigenvalue weighted by Gasteiger charge is -2.14.